The molecule has 8 nitrogen and oxygen atoms in total. The zero-order chi connectivity index (χ0) is 65.6. The molecule has 0 bridgehead atoms. The van der Waals surface area contributed by atoms with Crippen LogP contribution in [0.25, 0.3) is 167 Å². The Kier molecular flexibility index (Phi) is 14.5. The van der Waals surface area contributed by atoms with E-state index in [4.69, 9.17) is 15.0 Å². The van der Waals surface area contributed by atoms with E-state index in [1.165, 1.54) is 0 Å². The van der Waals surface area contributed by atoms with E-state index in [9.17, 15) is 15.8 Å². The molecule has 0 fully saturated rings. The Labute approximate surface area is 566 Å². The predicted octanol–water partition coefficient (Wildman–Crippen LogP) is 22.4. The second kappa shape index (κ2) is 24.6. The van der Waals surface area contributed by atoms with E-state index in [1.807, 2.05) is 109 Å². The zero-order valence-corrected chi connectivity index (χ0v) is 52.8. The molecule has 17 aromatic rings. The number of rotatable bonds is 12. The SMILES string of the molecule is N#Cc1ccc(-c2ccc(-c3nc(-c4ccc(-c5cccc(C#N)c5)cc4)nc(-c4ccc(-c5ccc(C#N)cc5)cc4-n4c5ccc(-c6ccccc6)cc5c5cc(-c6ccccc6)ccc54)n3)c(-n3c4ccc(-c5ccccc5)cc4c4cc(-c5ccccc5)ccc43)c2)cc1. The molecule has 3 heterocycles. The number of fused-ring (bicyclic) bond motifs is 6. The maximum absolute atomic E-state index is 9.96. The van der Waals surface area contributed by atoms with Gasteiger partial charge in [0.25, 0.3) is 0 Å². The summed E-state index contributed by atoms with van der Waals surface area (Å²) in [6, 6.07) is 120. The van der Waals surface area contributed by atoms with Crippen molar-refractivity contribution in [1.82, 2.24) is 24.1 Å². The molecule has 0 spiro atoms. The highest BCUT2D eigenvalue weighted by molar-refractivity contribution is 6.14. The Balaban J connectivity index is 0.949. The molecule has 0 atom stereocenters. The lowest BCUT2D eigenvalue weighted by molar-refractivity contribution is 1.06. The van der Waals surface area contributed by atoms with E-state index in [1.54, 1.807) is 0 Å². The average molecular weight is 1250 g/mol. The van der Waals surface area contributed by atoms with Gasteiger partial charge in [0.1, 0.15) is 0 Å². The smallest absolute Gasteiger partial charge is 0.166 e. The highest BCUT2D eigenvalue weighted by Crippen LogP contribution is 2.45. The van der Waals surface area contributed by atoms with Gasteiger partial charge in [-0.2, -0.15) is 15.8 Å². The van der Waals surface area contributed by atoms with Gasteiger partial charge in [0, 0.05) is 38.2 Å². The van der Waals surface area contributed by atoms with E-state index >= 15 is 0 Å². The largest absolute Gasteiger partial charge is 0.308 e. The molecule has 454 valence electrons. The molecule has 0 aliphatic rings. The Morgan fingerprint density at radius 2 is 0.469 bits per heavy atom. The van der Waals surface area contributed by atoms with Crippen LogP contribution in [0.4, 0.5) is 0 Å². The van der Waals surface area contributed by atoms with Crippen molar-refractivity contribution in [2.24, 2.45) is 0 Å². The summed E-state index contributed by atoms with van der Waals surface area (Å²) < 4.78 is 4.71. The fourth-order valence-electron chi connectivity index (χ4n) is 13.8. The first-order valence-electron chi connectivity index (χ1n) is 32.5. The van der Waals surface area contributed by atoms with Crippen LogP contribution in [0.5, 0.6) is 0 Å². The molecule has 98 heavy (non-hydrogen) atoms. The van der Waals surface area contributed by atoms with Crippen LogP contribution in [0, 0.1) is 34.0 Å². The lowest BCUT2D eigenvalue weighted by Gasteiger charge is -2.18. The maximum Gasteiger partial charge on any atom is 0.166 e. The van der Waals surface area contributed by atoms with E-state index in [-0.39, 0.29) is 0 Å². The van der Waals surface area contributed by atoms with Gasteiger partial charge in [-0.1, -0.05) is 218 Å². The van der Waals surface area contributed by atoms with Crippen molar-refractivity contribution in [3.8, 4) is 142 Å². The number of aromatic nitrogens is 5. The van der Waals surface area contributed by atoms with Crippen molar-refractivity contribution < 1.29 is 0 Å². The van der Waals surface area contributed by atoms with Crippen LogP contribution in [-0.2, 0) is 0 Å². The van der Waals surface area contributed by atoms with Gasteiger partial charge < -0.3 is 9.13 Å². The molecule has 0 aliphatic carbocycles. The summed E-state index contributed by atoms with van der Waals surface area (Å²) in [4.78, 5) is 16.9. The quantitative estimate of drug-likeness (QED) is 0.120. The van der Waals surface area contributed by atoms with Crippen molar-refractivity contribution in [2.75, 3.05) is 0 Å². The maximum atomic E-state index is 9.96. The fourth-order valence-corrected chi connectivity index (χ4v) is 13.8. The van der Waals surface area contributed by atoms with Crippen LogP contribution >= 0.6 is 0 Å². The second-order valence-electron chi connectivity index (χ2n) is 24.5. The van der Waals surface area contributed by atoms with Crippen molar-refractivity contribution in [2.45, 2.75) is 0 Å². The van der Waals surface area contributed by atoms with Crippen molar-refractivity contribution in [1.29, 1.82) is 15.8 Å². The van der Waals surface area contributed by atoms with Crippen LogP contribution in [0.1, 0.15) is 16.7 Å². The standard InChI is InChI=1S/C90H54N8/c91-55-58-24-28-65(29-25-58)74-36-42-76(86(53-74)97-82-44-38-70(61-15-5-1-6-16-61)49-78(82)79-50-71(39-45-83(79)97)62-17-7-2-8-18-62)89-94-88(68-34-32-67(33-35-68)69-23-13-14-60(48-69)57-93)95-90(96-89)77-43-37-75(66-30-26-59(56-92)27-31-66)54-87(77)98-84-46-40-72(63-19-9-3-10-20-63)51-80(84)81-52-73(41-47-85(81)98)64-21-11-4-12-22-64/h1-54H. The number of nitrogens with zero attached hydrogens (tertiary/aromatic N) is 8. The van der Waals surface area contributed by atoms with Gasteiger partial charge in [0.2, 0.25) is 0 Å². The third-order valence-corrected chi connectivity index (χ3v) is 18.7. The predicted molar refractivity (Wildman–Crippen MR) is 397 cm³/mol. The highest BCUT2D eigenvalue weighted by Gasteiger charge is 2.25. The first kappa shape index (κ1) is 58.0. The fraction of sp³-hybridized carbons (Fsp3) is 0. The molecular weight excluding hydrogens is 1190 g/mol. The van der Waals surface area contributed by atoms with Crippen molar-refractivity contribution in [3.63, 3.8) is 0 Å². The molecule has 0 N–H and O–H groups in total. The summed E-state index contributed by atoms with van der Waals surface area (Å²) in [5, 5.41) is 34.2. The molecule has 17 rings (SSSR count). The van der Waals surface area contributed by atoms with Gasteiger partial charge in [0.05, 0.1) is 68.3 Å². The monoisotopic (exact) mass is 1250 g/mol. The number of nitriles is 3. The Morgan fingerprint density at radius 3 is 0.816 bits per heavy atom. The number of hydrogen-bond donors (Lipinski definition) is 0. The number of benzene rings is 14. The van der Waals surface area contributed by atoms with Crippen molar-refractivity contribution in [3.05, 3.63) is 344 Å². The summed E-state index contributed by atoms with van der Waals surface area (Å²) in [6.45, 7) is 0. The van der Waals surface area contributed by atoms with Gasteiger partial charge in [-0.05, 0) is 187 Å². The number of hydrogen-bond acceptors (Lipinski definition) is 6. The lowest BCUT2D eigenvalue weighted by atomic mass is 9.99. The average Bonchev–Trinajstić information content (AvgIpc) is 1.54. The Morgan fingerprint density at radius 1 is 0.204 bits per heavy atom. The lowest BCUT2D eigenvalue weighted by Crippen LogP contribution is -2.06. The van der Waals surface area contributed by atoms with Gasteiger partial charge >= 0.3 is 0 Å². The van der Waals surface area contributed by atoms with Crippen LogP contribution in [0.2, 0.25) is 0 Å². The second-order valence-corrected chi connectivity index (χ2v) is 24.5. The first-order chi connectivity index (χ1) is 48.4. The molecule has 0 unspecified atom stereocenters. The molecular formula is C90H54N8. The molecule has 0 amide bonds. The summed E-state index contributed by atoms with van der Waals surface area (Å²) in [5.41, 5.74) is 24.1. The molecule has 0 saturated carbocycles. The van der Waals surface area contributed by atoms with Gasteiger partial charge in [0.15, 0.2) is 17.5 Å². The van der Waals surface area contributed by atoms with Crippen LogP contribution in [0.3, 0.4) is 0 Å². The Bertz CT molecular complexity index is 5580. The minimum atomic E-state index is 0.443. The van der Waals surface area contributed by atoms with E-state index in [0.717, 1.165) is 150 Å². The minimum Gasteiger partial charge on any atom is -0.308 e. The zero-order valence-electron chi connectivity index (χ0n) is 52.8. The third-order valence-electron chi connectivity index (χ3n) is 18.7. The molecule has 0 aliphatic heterocycles. The van der Waals surface area contributed by atoms with E-state index < -0.39 is 0 Å². The van der Waals surface area contributed by atoms with Crippen LogP contribution in [0.15, 0.2) is 328 Å². The summed E-state index contributed by atoms with van der Waals surface area (Å²) >= 11 is 0. The summed E-state index contributed by atoms with van der Waals surface area (Å²) in [5.74, 6) is 1.34. The summed E-state index contributed by atoms with van der Waals surface area (Å²) in [7, 11) is 0. The summed E-state index contributed by atoms with van der Waals surface area (Å²) in [6.07, 6.45) is 0. The van der Waals surface area contributed by atoms with Crippen LogP contribution in [-0.4, -0.2) is 24.1 Å². The highest BCUT2D eigenvalue weighted by atomic mass is 15.1. The molecule has 0 saturated heterocycles. The molecule has 14 aromatic carbocycles. The molecule has 0 radical (unpaired) electrons. The molecule has 8 heteroatoms. The first-order valence-corrected chi connectivity index (χ1v) is 32.5. The topological polar surface area (TPSA) is 120 Å². The molecule has 3 aromatic heterocycles. The third kappa shape index (κ3) is 10.6. The van der Waals surface area contributed by atoms with E-state index in [2.05, 4.69) is 246 Å². The Hall–Kier alpha value is -13.8. The van der Waals surface area contributed by atoms with Crippen molar-refractivity contribution >= 4 is 43.6 Å². The normalized spacial score (nSPS) is 11.2. The minimum absolute atomic E-state index is 0.443. The van der Waals surface area contributed by atoms with Gasteiger partial charge in [-0.3, -0.25) is 0 Å². The van der Waals surface area contributed by atoms with Gasteiger partial charge in [-0.25, -0.2) is 15.0 Å². The van der Waals surface area contributed by atoms with E-state index in [0.29, 0.717) is 34.2 Å². The van der Waals surface area contributed by atoms with Gasteiger partial charge in [-0.15, -0.1) is 0 Å². The van der Waals surface area contributed by atoms with Crippen LogP contribution < -0.4 is 0 Å².